The van der Waals surface area contributed by atoms with Gasteiger partial charge < -0.3 is 15.4 Å². The fourth-order valence-electron chi connectivity index (χ4n) is 3.25. The molecular formula is C22H25ClN2O3. The summed E-state index contributed by atoms with van der Waals surface area (Å²) in [5, 5.41) is 6.33. The zero-order valence-electron chi connectivity index (χ0n) is 15.9. The second-order valence-electron chi connectivity index (χ2n) is 7.07. The Labute approximate surface area is 170 Å². The molecule has 148 valence electrons. The number of anilines is 1. The molecule has 0 spiro atoms. The highest BCUT2D eigenvalue weighted by Gasteiger charge is 2.18. The van der Waals surface area contributed by atoms with Crippen LogP contribution in [0.1, 0.15) is 49.4 Å². The largest absolute Gasteiger partial charge is 0.479 e. The highest BCUT2D eigenvalue weighted by Crippen LogP contribution is 2.24. The highest BCUT2D eigenvalue weighted by molar-refractivity contribution is 6.32. The molecule has 28 heavy (non-hydrogen) atoms. The lowest BCUT2D eigenvalue weighted by molar-refractivity contribution is -0.122. The number of nitrogens with one attached hydrogen (secondary N) is 2. The molecule has 1 aliphatic carbocycles. The van der Waals surface area contributed by atoms with Crippen LogP contribution in [0.5, 0.6) is 5.75 Å². The molecule has 0 radical (unpaired) electrons. The van der Waals surface area contributed by atoms with E-state index in [2.05, 4.69) is 10.6 Å². The summed E-state index contributed by atoms with van der Waals surface area (Å²) in [5.74, 6) is 0.0982. The highest BCUT2D eigenvalue weighted by atomic mass is 35.5. The quantitative estimate of drug-likeness (QED) is 0.731. The maximum Gasteiger partial charge on any atom is 0.265 e. The van der Waals surface area contributed by atoms with E-state index < -0.39 is 6.10 Å². The van der Waals surface area contributed by atoms with Crippen LogP contribution in [-0.4, -0.2) is 24.0 Å². The smallest absolute Gasteiger partial charge is 0.265 e. The van der Waals surface area contributed by atoms with Gasteiger partial charge in [0, 0.05) is 17.3 Å². The van der Waals surface area contributed by atoms with E-state index in [1.807, 2.05) is 0 Å². The summed E-state index contributed by atoms with van der Waals surface area (Å²) in [7, 11) is 0. The van der Waals surface area contributed by atoms with Crippen molar-refractivity contribution in [2.24, 2.45) is 0 Å². The normalized spacial score (nSPS) is 15.5. The predicted octanol–water partition coefficient (Wildman–Crippen LogP) is 4.81. The first kappa shape index (κ1) is 20.2. The minimum atomic E-state index is -0.714. The first-order valence-electron chi connectivity index (χ1n) is 9.66. The van der Waals surface area contributed by atoms with Gasteiger partial charge in [-0.2, -0.15) is 0 Å². The number of para-hydroxylation sites is 1. The Balaban J connectivity index is 1.53. The third-order valence-corrected chi connectivity index (χ3v) is 5.18. The zero-order valence-corrected chi connectivity index (χ0v) is 16.7. The lowest BCUT2D eigenvalue weighted by Gasteiger charge is -2.22. The average molecular weight is 401 g/mol. The van der Waals surface area contributed by atoms with Gasteiger partial charge in [0.05, 0.1) is 5.02 Å². The summed E-state index contributed by atoms with van der Waals surface area (Å²) >= 11 is 6.06. The van der Waals surface area contributed by atoms with E-state index in [0.29, 0.717) is 22.0 Å². The molecule has 1 atom stereocenters. The van der Waals surface area contributed by atoms with Gasteiger partial charge in [0.2, 0.25) is 0 Å². The predicted molar refractivity (Wildman–Crippen MR) is 111 cm³/mol. The average Bonchev–Trinajstić information content (AvgIpc) is 2.71. The minimum absolute atomic E-state index is 0.0693. The van der Waals surface area contributed by atoms with Crippen molar-refractivity contribution in [3.63, 3.8) is 0 Å². The van der Waals surface area contributed by atoms with E-state index >= 15 is 0 Å². The van der Waals surface area contributed by atoms with Crippen molar-refractivity contribution < 1.29 is 14.3 Å². The van der Waals surface area contributed by atoms with Crippen LogP contribution in [-0.2, 0) is 4.79 Å². The van der Waals surface area contributed by atoms with E-state index in [-0.39, 0.29) is 17.9 Å². The van der Waals surface area contributed by atoms with Crippen LogP contribution in [0.4, 0.5) is 5.69 Å². The van der Waals surface area contributed by atoms with E-state index in [1.165, 1.54) is 19.3 Å². The third kappa shape index (κ3) is 5.49. The first-order valence-corrected chi connectivity index (χ1v) is 10.0. The first-order chi connectivity index (χ1) is 13.5. The van der Waals surface area contributed by atoms with Crippen molar-refractivity contribution in [1.29, 1.82) is 0 Å². The standard InChI is InChI=1S/C22H25ClN2O3/c1-15(28-20-10-6-5-9-19(20)23)21(26)24-18-13-11-16(12-14-18)22(27)25-17-7-3-2-4-8-17/h5-6,9-15,17H,2-4,7-8H2,1H3,(H,24,26)(H,25,27). The molecule has 6 heteroatoms. The van der Waals surface area contributed by atoms with Crippen molar-refractivity contribution in [3.8, 4) is 5.75 Å². The molecule has 2 amide bonds. The number of carbonyl (C=O) groups excluding carboxylic acids is 2. The van der Waals surface area contributed by atoms with Crippen LogP contribution >= 0.6 is 11.6 Å². The van der Waals surface area contributed by atoms with Gasteiger partial charge in [-0.05, 0) is 56.2 Å². The van der Waals surface area contributed by atoms with Gasteiger partial charge in [0.1, 0.15) is 5.75 Å². The molecule has 2 aromatic carbocycles. The van der Waals surface area contributed by atoms with Crippen LogP contribution in [0.15, 0.2) is 48.5 Å². The maximum atomic E-state index is 12.4. The van der Waals surface area contributed by atoms with Crippen molar-refractivity contribution in [2.45, 2.75) is 51.2 Å². The van der Waals surface area contributed by atoms with Gasteiger partial charge in [-0.15, -0.1) is 0 Å². The zero-order chi connectivity index (χ0) is 19.9. The monoisotopic (exact) mass is 400 g/mol. The Morgan fingerprint density at radius 1 is 1.04 bits per heavy atom. The molecule has 1 saturated carbocycles. The Kier molecular flexibility index (Phi) is 6.93. The second kappa shape index (κ2) is 9.60. The number of rotatable bonds is 6. The van der Waals surface area contributed by atoms with Gasteiger partial charge in [-0.1, -0.05) is 43.0 Å². The van der Waals surface area contributed by atoms with Crippen LogP contribution in [0, 0.1) is 0 Å². The fourth-order valence-corrected chi connectivity index (χ4v) is 3.43. The molecule has 5 nitrogen and oxygen atoms in total. The molecule has 3 rings (SSSR count). The third-order valence-electron chi connectivity index (χ3n) is 4.86. The summed E-state index contributed by atoms with van der Waals surface area (Å²) in [6.45, 7) is 1.66. The number of hydrogen-bond donors (Lipinski definition) is 2. The van der Waals surface area contributed by atoms with Crippen LogP contribution in [0.3, 0.4) is 0 Å². The molecule has 2 aromatic rings. The van der Waals surface area contributed by atoms with Gasteiger partial charge in [0.15, 0.2) is 6.10 Å². The molecular weight excluding hydrogens is 376 g/mol. The molecule has 1 aliphatic rings. The molecule has 0 aromatic heterocycles. The van der Waals surface area contributed by atoms with E-state index in [9.17, 15) is 9.59 Å². The molecule has 1 fully saturated rings. The van der Waals surface area contributed by atoms with Crippen molar-refractivity contribution in [1.82, 2.24) is 5.32 Å². The summed E-state index contributed by atoms with van der Waals surface area (Å²) in [6, 6.07) is 14.1. The molecule has 0 bridgehead atoms. The lowest BCUT2D eigenvalue weighted by atomic mass is 9.95. The van der Waals surface area contributed by atoms with E-state index in [0.717, 1.165) is 12.8 Å². The Hall–Kier alpha value is -2.53. The second-order valence-corrected chi connectivity index (χ2v) is 7.47. The van der Waals surface area contributed by atoms with Gasteiger partial charge >= 0.3 is 0 Å². The summed E-state index contributed by atoms with van der Waals surface area (Å²) in [4.78, 5) is 24.7. The Morgan fingerprint density at radius 2 is 1.71 bits per heavy atom. The van der Waals surface area contributed by atoms with Gasteiger partial charge in [0.25, 0.3) is 11.8 Å². The number of benzene rings is 2. The van der Waals surface area contributed by atoms with Gasteiger partial charge in [-0.25, -0.2) is 0 Å². The molecule has 2 N–H and O–H groups in total. The number of ether oxygens (including phenoxy) is 1. The Morgan fingerprint density at radius 3 is 2.39 bits per heavy atom. The topological polar surface area (TPSA) is 67.4 Å². The summed E-state index contributed by atoms with van der Waals surface area (Å²) in [6.07, 6.45) is 4.97. The molecule has 1 unspecified atom stereocenters. The summed E-state index contributed by atoms with van der Waals surface area (Å²) in [5.41, 5.74) is 1.19. The van der Waals surface area contributed by atoms with E-state index in [1.54, 1.807) is 55.5 Å². The van der Waals surface area contributed by atoms with E-state index in [4.69, 9.17) is 16.3 Å². The van der Waals surface area contributed by atoms with Gasteiger partial charge in [-0.3, -0.25) is 9.59 Å². The van der Waals surface area contributed by atoms with Crippen molar-refractivity contribution in [2.75, 3.05) is 5.32 Å². The SMILES string of the molecule is CC(Oc1ccccc1Cl)C(=O)Nc1ccc(C(=O)NC2CCCCC2)cc1. The fraction of sp³-hybridized carbons (Fsp3) is 0.364. The summed E-state index contributed by atoms with van der Waals surface area (Å²) < 4.78 is 5.62. The van der Waals surface area contributed by atoms with Crippen molar-refractivity contribution >= 4 is 29.1 Å². The molecule has 0 saturated heterocycles. The Bertz CT molecular complexity index is 817. The van der Waals surface area contributed by atoms with Crippen LogP contribution in [0.2, 0.25) is 5.02 Å². The molecule has 0 aliphatic heterocycles. The minimum Gasteiger partial charge on any atom is -0.479 e. The van der Waals surface area contributed by atoms with Crippen LogP contribution < -0.4 is 15.4 Å². The number of amides is 2. The maximum absolute atomic E-state index is 12.4. The number of hydrogen-bond acceptors (Lipinski definition) is 3. The number of carbonyl (C=O) groups is 2. The van der Waals surface area contributed by atoms with Crippen molar-refractivity contribution in [3.05, 3.63) is 59.1 Å². The lowest BCUT2D eigenvalue weighted by Crippen LogP contribution is -2.36. The number of halogens is 1. The van der Waals surface area contributed by atoms with Crippen LogP contribution in [0.25, 0.3) is 0 Å². The molecule has 0 heterocycles.